The van der Waals surface area contributed by atoms with Gasteiger partial charge in [0.25, 0.3) is 0 Å². The van der Waals surface area contributed by atoms with Crippen LogP contribution in [0.3, 0.4) is 0 Å². The lowest BCUT2D eigenvalue weighted by atomic mass is 10.0. The third-order valence-corrected chi connectivity index (χ3v) is 11.8. The van der Waals surface area contributed by atoms with Crippen LogP contribution in [0.25, 0.3) is 101 Å². The van der Waals surface area contributed by atoms with Gasteiger partial charge in [-0.15, -0.1) is 10.2 Å². The van der Waals surface area contributed by atoms with Crippen molar-refractivity contribution in [2.75, 3.05) is 7.11 Å². The van der Waals surface area contributed by atoms with Gasteiger partial charge in [0.2, 0.25) is 11.8 Å². The monoisotopic (exact) mass is 749 g/mol. The molecule has 1 aliphatic carbocycles. The maximum atomic E-state index is 6.27. The van der Waals surface area contributed by atoms with Crippen LogP contribution in [0.1, 0.15) is 17.7 Å². The van der Waals surface area contributed by atoms with Crippen LogP contribution >= 0.6 is 0 Å². The molecular weight excluding hydrogens is 715 g/mol. The Balaban J connectivity index is 1.08. The minimum atomic E-state index is 0.441. The largest absolute Gasteiger partial charge is 0.497 e. The Bertz CT molecular complexity index is 3410. The summed E-state index contributed by atoms with van der Waals surface area (Å²) >= 11 is 0. The van der Waals surface area contributed by atoms with Crippen LogP contribution in [0.15, 0.2) is 168 Å². The molecule has 4 aromatic heterocycles. The minimum absolute atomic E-state index is 0.441. The van der Waals surface area contributed by atoms with Crippen LogP contribution in [-0.2, 0) is 6.42 Å². The Hall–Kier alpha value is -7.64. The Morgan fingerprint density at radius 1 is 0.483 bits per heavy atom. The number of aryl methyl sites for hydroxylation is 1. The highest BCUT2D eigenvalue weighted by atomic mass is 16.5. The summed E-state index contributed by atoms with van der Waals surface area (Å²) in [5.74, 6) is 1.63. The van der Waals surface area contributed by atoms with Crippen molar-refractivity contribution in [2.45, 2.75) is 12.8 Å². The Labute approximate surface area is 333 Å². The second-order valence-electron chi connectivity index (χ2n) is 15.0. The Morgan fingerprint density at radius 3 is 1.67 bits per heavy atom. The number of benzene rings is 7. The van der Waals surface area contributed by atoms with Crippen LogP contribution in [0.5, 0.6) is 5.75 Å². The predicted octanol–water partition coefficient (Wildman–Crippen LogP) is 12.5. The van der Waals surface area contributed by atoms with Gasteiger partial charge in [-0.3, -0.25) is 0 Å². The molecule has 0 saturated heterocycles. The van der Waals surface area contributed by atoms with E-state index < -0.39 is 0 Å². The van der Waals surface area contributed by atoms with Crippen LogP contribution in [0.2, 0.25) is 0 Å². The summed E-state index contributed by atoms with van der Waals surface area (Å²) in [7, 11) is 1.65. The second kappa shape index (κ2) is 12.7. The van der Waals surface area contributed by atoms with Gasteiger partial charge < -0.3 is 22.9 Å². The molecule has 0 unspecified atom stereocenters. The van der Waals surface area contributed by atoms with E-state index in [1.807, 2.05) is 30.3 Å². The third-order valence-electron chi connectivity index (χ3n) is 11.8. The van der Waals surface area contributed by atoms with E-state index in [4.69, 9.17) is 9.15 Å². The summed E-state index contributed by atoms with van der Waals surface area (Å²) in [6.45, 7) is 0. The molecule has 7 nitrogen and oxygen atoms in total. The highest BCUT2D eigenvalue weighted by Gasteiger charge is 2.22. The highest BCUT2D eigenvalue weighted by Crippen LogP contribution is 2.40. The summed E-state index contributed by atoms with van der Waals surface area (Å²) in [6.07, 6.45) is 6.70. The molecule has 58 heavy (non-hydrogen) atoms. The fraction of sp³-hybridized carbons (Fsp3) is 0.0588. The number of hydrogen-bond acceptors (Lipinski definition) is 4. The molecule has 0 aliphatic heterocycles. The molecule has 12 rings (SSSR count). The number of fused-ring (bicyclic) bond motifs is 9. The molecule has 276 valence electrons. The van der Waals surface area contributed by atoms with Crippen LogP contribution in [0.4, 0.5) is 0 Å². The molecular formula is C51H35N5O2. The minimum Gasteiger partial charge on any atom is -0.497 e. The molecule has 11 aromatic rings. The van der Waals surface area contributed by atoms with Gasteiger partial charge in [-0.05, 0) is 115 Å². The molecule has 0 N–H and O–H groups in total. The fourth-order valence-corrected chi connectivity index (χ4v) is 9.21. The number of methoxy groups -OCH3 is 1. The lowest BCUT2D eigenvalue weighted by Crippen LogP contribution is -2.00. The number of allylic oxidation sites excluding steroid dienone is 1. The zero-order valence-electron chi connectivity index (χ0n) is 31.6. The van der Waals surface area contributed by atoms with Crippen LogP contribution in [0, 0.1) is 0 Å². The summed E-state index contributed by atoms with van der Waals surface area (Å²) in [6, 6.07) is 56.0. The summed E-state index contributed by atoms with van der Waals surface area (Å²) in [5, 5.41) is 15.0. The number of rotatable bonds is 6. The Kier molecular flexibility index (Phi) is 7.13. The molecule has 0 spiro atoms. The van der Waals surface area contributed by atoms with E-state index in [1.54, 1.807) is 7.11 Å². The van der Waals surface area contributed by atoms with Gasteiger partial charge in [0.1, 0.15) is 5.75 Å². The zero-order chi connectivity index (χ0) is 38.3. The van der Waals surface area contributed by atoms with Crippen molar-refractivity contribution in [3.05, 3.63) is 175 Å². The Morgan fingerprint density at radius 2 is 1.02 bits per heavy atom. The number of para-hydroxylation sites is 3. The average Bonchev–Trinajstić information content (AvgIpc) is 4.07. The standard InChI is InChI=1S/C51H35N5O2/c1-57-37-15-11-13-33(29-37)51-53-52-50(58-51)32-12-10-14-34(28-32)54-48-26-24-35(55-44-20-6-2-16-38(44)39-17-3-7-21-45(39)55)30-42(48)43-31-36(25-27-49(43)54)56-46-22-8-4-18-40(46)41-19-5-9-23-47(41)56/h2-4,6-18,20-31H,5,19H2,1H3. The van der Waals surface area contributed by atoms with Gasteiger partial charge in [0.15, 0.2) is 0 Å². The molecule has 7 heteroatoms. The number of hydrogen-bond donors (Lipinski definition) is 0. The highest BCUT2D eigenvalue weighted by molar-refractivity contribution is 6.13. The van der Waals surface area contributed by atoms with Gasteiger partial charge in [0.05, 0.1) is 34.7 Å². The van der Waals surface area contributed by atoms with E-state index in [1.165, 1.54) is 54.7 Å². The van der Waals surface area contributed by atoms with E-state index in [9.17, 15) is 0 Å². The van der Waals surface area contributed by atoms with Gasteiger partial charge in [0, 0.05) is 60.8 Å². The maximum Gasteiger partial charge on any atom is 0.248 e. The SMILES string of the molecule is COc1cccc(-c2nnc(-c3cccc(-n4c5ccc(-n6c7c(c8ccccc86)CCC=C7)cc5c5cc(-n6c7ccccc7c7ccccc76)ccc54)c3)o2)c1. The second-order valence-corrected chi connectivity index (χ2v) is 15.0. The fourth-order valence-electron chi connectivity index (χ4n) is 9.21. The molecule has 0 saturated carbocycles. The third kappa shape index (κ3) is 4.86. The number of aromatic nitrogens is 5. The van der Waals surface area contributed by atoms with Crippen molar-refractivity contribution >= 4 is 60.6 Å². The van der Waals surface area contributed by atoms with Crippen molar-refractivity contribution < 1.29 is 9.15 Å². The molecule has 0 fully saturated rings. The van der Waals surface area contributed by atoms with Crippen molar-refractivity contribution in [1.29, 1.82) is 0 Å². The van der Waals surface area contributed by atoms with Crippen LogP contribution < -0.4 is 4.74 Å². The first-order valence-corrected chi connectivity index (χ1v) is 19.7. The maximum absolute atomic E-state index is 6.27. The quantitative estimate of drug-likeness (QED) is 0.170. The van der Waals surface area contributed by atoms with Crippen molar-refractivity contribution in [3.63, 3.8) is 0 Å². The lowest BCUT2D eigenvalue weighted by molar-refractivity contribution is 0.415. The summed E-state index contributed by atoms with van der Waals surface area (Å²) in [5.41, 5.74) is 13.4. The normalized spacial score (nSPS) is 12.7. The molecule has 4 heterocycles. The van der Waals surface area contributed by atoms with Gasteiger partial charge in [-0.25, -0.2) is 0 Å². The first-order chi connectivity index (χ1) is 28.7. The average molecular weight is 750 g/mol. The van der Waals surface area contributed by atoms with Gasteiger partial charge in [-0.2, -0.15) is 0 Å². The smallest absolute Gasteiger partial charge is 0.248 e. The van der Waals surface area contributed by atoms with E-state index in [0.29, 0.717) is 11.8 Å². The van der Waals surface area contributed by atoms with Gasteiger partial charge in [-0.1, -0.05) is 72.8 Å². The summed E-state index contributed by atoms with van der Waals surface area (Å²) < 4.78 is 18.9. The molecule has 0 radical (unpaired) electrons. The van der Waals surface area contributed by atoms with Gasteiger partial charge >= 0.3 is 0 Å². The van der Waals surface area contributed by atoms with Crippen LogP contribution in [-0.4, -0.2) is 31.0 Å². The van der Waals surface area contributed by atoms with E-state index in [0.717, 1.165) is 57.8 Å². The number of ether oxygens (including phenoxy) is 1. The lowest BCUT2D eigenvalue weighted by Gasteiger charge is -2.13. The van der Waals surface area contributed by atoms with Crippen molar-refractivity contribution in [2.24, 2.45) is 0 Å². The molecule has 0 atom stereocenters. The molecule has 0 bridgehead atoms. The van der Waals surface area contributed by atoms with Crippen molar-refractivity contribution in [1.82, 2.24) is 23.9 Å². The molecule has 0 amide bonds. The molecule has 1 aliphatic rings. The zero-order valence-corrected chi connectivity index (χ0v) is 31.6. The van der Waals surface area contributed by atoms with E-state index >= 15 is 0 Å². The first kappa shape index (κ1) is 32.6. The predicted molar refractivity (Wildman–Crippen MR) is 235 cm³/mol. The topological polar surface area (TPSA) is 62.9 Å². The van der Waals surface area contributed by atoms with E-state index in [-0.39, 0.29) is 0 Å². The molecule has 7 aromatic carbocycles. The van der Waals surface area contributed by atoms with Crippen molar-refractivity contribution in [3.8, 4) is 45.7 Å². The number of nitrogens with zero attached hydrogens (tertiary/aromatic N) is 5. The first-order valence-electron chi connectivity index (χ1n) is 19.7. The van der Waals surface area contributed by atoms with E-state index in [2.05, 4.69) is 163 Å². The summed E-state index contributed by atoms with van der Waals surface area (Å²) in [4.78, 5) is 0.